The smallest absolute Gasteiger partial charge is 0.259 e. The summed E-state index contributed by atoms with van der Waals surface area (Å²) in [6.45, 7) is 4.34. The average molecular weight is 352 g/mol. The van der Waals surface area contributed by atoms with E-state index in [0.717, 1.165) is 48.5 Å². The van der Waals surface area contributed by atoms with Crippen molar-refractivity contribution < 1.29 is 9.26 Å². The number of hydrogen-bond donors (Lipinski definition) is 2. The van der Waals surface area contributed by atoms with E-state index >= 15 is 0 Å². The summed E-state index contributed by atoms with van der Waals surface area (Å²) in [5, 5.41) is 7.28. The summed E-state index contributed by atoms with van der Waals surface area (Å²) < 4.78 is 10.9. The zero-order chi connectivity index (χ0) is 17.9. The number of ether oxygens (including phenoxy) is 1. The van der Waals surface area contributed by atoms with E-state index in [4.69, 9.17) is 9.26 Å². The number of nitrogens with zero attached hydrogens (tertiary/aromatic N) is 2. The molecule has 1 aromatic carbocycles. The third-order valence-electron chi connectivity index (χ3n) is 4.32. The highest BCUT2D eigenvalue weighted by Gasteiger charge is 2.17. The van der Waals surface area contributed by atoms with E-state index in [1.54, 1.807) is 0 Å². The van der Waals surface area contributed by atoms with Gasteiger partial charge >= 0.3 is 0 Å². The highest BCUT2D eigenvalue weighted by molar-refractivity contribution is 5.60. The Bertz CT molecular complexity index is 960. The number of hydrogen-bond acceptors (Lipinski definition) is 6. The van der Waals surface area contributed by atoms with Crippen molar-refractivity contribution in [1.29, 1.82) is 0 Å². The van der Waals surface area contributed by atoms with Crippen LogP contribution < -0.4 is 15.6 Å². The molecule has 26 heavy (non-hydrogen) atoms. The summed E-state index contributed by atoms with van der Waals surface area (Å²) in [6, 6.07) is 9.31. The van der Waals surface area contributed by atoms with Crippen LogP contribution >= 0.6 is 0 Å². The van der Waals surface area contributed by atoms with Crippen molar-refractivity contribution in [3.63, 3.8) is 0 Å². The van der Waals surface area contributed by atoms with Gasteiger partial charge in [-0.25, -0.2) is 0 Å². The fourth-order valence-electron chi connectivity index (χ4n) is 2.96. The van der Waals surface area contributed by atoms with Gasteiger partial charge in [0.15, 0.2) is 0 Å². The molecule has 2 aromatic heterocycles. The van der Waals surface area contributed by atoms with Crippen LogP contribution in [-0.2, 0) is 13.0 Å². The largest absolute Gasteiger partial charge is 0.494 e. The SMILES string of the molecule is CCCOc1ccc(-c2nc(-c3cc4c([nH]c3=O)CCNC4)no2)cc1. The Hall–Kier alpha value is -2.93. The minimum absolute atomic E-state index is 0.193. The molecule has 0 aliphatic carbocycles. The molecule has 0 fully saturated rings. The van der Waals surface area contributed by atoms with Gasteiger partial charge in [0.25, 0.3) is 11.4 Å². The van der Waals surface area contributed by atoms with E-state index < -0.39 is 0 Å². The van der Waals surface area contributed by atoms with E-state index in [0.29, 0.717) is 23.9 Å². The molecule has 1 aliphatic rings. The number of benzene rings is 1. The number of rotatable bonds is 5. The maximum Gasteiger partial charge on any atom is 0.259 e. The summed E-state index contributed by atoms with van der Waals surface area (Å²) >= 11 is 0. The lowest BCUT2D eigenvalue weighted by Crippen LogP contribution is -2.27. The van der Waals surface area contributed by atoms with Gasteiger partial charge in [-0.3, -0.25) is 4.79 Å². The lowest BCUT2D eigenvalue weighted by atomic mass is 10.0. The Morgan fingerprint density at radius 2 is 2.12 bits per heavy atom. The summed E-state index contributed by atoms with van der Waals surface area (Å²) in [4.78, 5) is 19.7. The Balaban J connectivity index is 1.61. The monoisotopic (exact) mass is 352 g/mol. The van der Waals surface area contributed by atoms with Crippen molar-refractivity contribution >= 4 is 0 Å². The maximum atomic E-state index is 12.4. The lowest BCUT2D eigenvalue weighted by Gasteiger charge is -2.16. The van der Waals surface area contributed by atoms with Crippen molar-refractivity contribution in [2.75, 3.05) is 13.2 Å². The zero-order valence-electron chi connectivity index (χ0n) is 14.5. The van der Waals surface area contributed by atoms with Crippen molar-refractivity contribution in [1.82, 2.24) is 20.4 Å². The van der Waals surface area contributed by atoms with Gasteiger partial charge in [-0.05, 0) is 42.3 Å². The van der Waals surface area contributed by atoms with Crippen LogP contribution in [0.5, 0.6) is 5.75 Å². The standard InChI is InChI=1S/C19H20N4O3/c1-2-9-25-14-5-3-12(4-6-14)19-22-17(23-26-19)15-10-13-11-20-8-7-16(13)21-18(15)24/h3-6,10,20H,2,7-9,11H2,1H3,(H,21,24). The molecule has 0 saturated heterocycles. The second-order valence-electron chi connectivity index (χ2n) is 6.24. The average Bonchev–Trinajstić information content (AvgIpc) is 3.16. The van der Waals surface area contributed by atoms with Crippen LogP contribution in [0.1, 0.15) is 24.6 Å². The van der Waals surface area contributed by atoms with E-state index in [1.165, 1.54) is 0 Å². The fourth-order valence-corrected chi connectivity index (χ4v) is 2.96. The van der Waals surface area contributed by atoms with Gasteiger partial charge in [-0.15, -0.1) is 0 Å². The van der Waals surface area contributed by atoms with Crippen LogP contribution in [0.4, 0.5) is 0 Å². The maximum absolute atomic E-state index is 12.4. The molecular formula is C19H20N4O3. The topological polar surface area (TPSA) is 93.0 Å². The van der Waals surface area contributed by atoms with E-state index in [1.807, 2.05) is 30.3 Å². The second kappa shape index (κ2) is 7.13. The van der Waals surface area contributed by atoms with Gasteiger partial charge in [0, 0.05) is 30.8 Å². The first-order valence-corrected chi connectivity index (χ1v) is 8.77. The second-order valence-corrected chi connectivity index (χ2v) is 6.24. The highest BCUT2D eigenvalue weighted by atomic mass is 16.5. The van der Waals surface area contributed by atoms with Crippen LogP contribution in [0, 0.1) is 0 Å². The van der Waals surface area contributed by atoms with Gasteiger partial charge in [-0.1, -0.05) is 12.1 Å². The number of pyridine rings is 1. The summed E-state index contributed by atoms with van der Waals surface area (Å²) in [6.07, 6.45) is 1.77. The van der Waals surface area contributed by atoms with Crippen molar-refractivity contribution in [2.24, 2.45) is 0 Å². The number of nitrogens with one attached hydrogen (secondary N) is 2. The third kappa shape index (κ3) is 3.25. The fraction of sp³-hybridized carbons (Fsp3) is 0.316. The summed E-state index contributed by atoms with van der Waals surface area (Å²) in [5.41, 5.74) is 3.05. The van der Waals surface area contributed by atoms with E-state index in [2.05, 4.69) is 27.4 Å². The molecule has 0 unspecified atom stereocenters. The molecule has 7 heteroatoms. The highest BCUT2D eigenvalue weighted by Crippen LogP contribution is 2.24. The molecule has 0 spiro atoms. The van der Waals surface area contributed by atoms with Gasteiger partial charge in [0.2, 0.25) is 5.82 Å². The summed E-state index contributed by atoms with van der Waals surface area (Å²) in [7, 11) is 0. The first-order chi connectivity index (χ1) is 12.7. The first-order valence-electron chi connectivity index (χ1n) is 8.77. The Morgan fingerprint density at radius 3 is 2.92 bits per heavy atom. The van der Waals surface area contributed by atoms with Gasteiger partial charge in [0.1, 0.15) is 5.75 Å². The molecule has 3 heterocycles. The van der Waals surface area contributed by atoms with Gasteiger partial charge in [-0.2, -0.15) is 4.98 Å². The van der Waals surface area contributed by atoms with Gasteiger partial charge < -0.3 is 19.6 Å². The Kier molecular flexibility index (Phi) is 4.53. The molecular weight excluding hydrogens is 332 g/mol. The molecule has 4 rings (SSSR count). The molecule has 0 radical (unpaired) electrons. The number of aromatic nitrogens is 3. The number of fused-ring (bicyclic) bond motifs is 1. The van der Waals surface area contributed by atoms with Crippen molar-refractivity contribution in [3.8, 4) is 28.6 Å². The zero-order valence-corrected chi connectivity index (χ0v) is 14.5. The predicted molar refractivity (Wildman–Crippen MR) is 97.0 cm³/mol. The Morgan fingerprint density at radius 1 is 1.27 bits per heavy atom. The Labute approximate surface area is 150 Å². The molecule has 134 valence electrons. The minimum atomic E-state index is -0.193. The predicted octanol–water partition coefficient (Wildman–Crippen LogP) is 2.53. The first kappa shape index (κ1) is 16.5. The van der Waals surface area contributed by atoms with Crippen molar-refractivity contribution in [3.05, 3.63) is 51.9 Å². The van der Waals surface area contributed by atoms with Crippen LogP contribution in [0.25, 0.3) is 22.8 Å². The van der Waals surface area contributed by atoms with Crippen LogP contribution in [0.15, 0.2) is 39.6 Å². The number of H-pyrrole nitrogens is 1. The van der Waals surface area contributed by atoms with Crippen molar-refractivity contribution in [2.45, 2.75) is 26.3 Å². The van der Waals surface area contributed by atoms with Crippen LogP contribution in [0.3, 0.4) is 0 Å². The van der Waals surface area contributed by atoms with Gasteiger partial charge in [0.05, 0.1) is 12.2 Å². The molecule has 7 nitrogen and oxygen atoms in total. The molecule has 0 saturated carbocycles. The summed E-state index contributed by atoms with van der Waals surface area (Å²) in [5.74, 6) is 1.46. The number of aromatic amines is 1. The third-order valence-corrected chi connectivity index (χ3v) is 4.32. The molecule has 1 aliphatic heterocycles. The van der Waals surface area contributed by atoms with Crippen LogP contribution in [0.2, 0.25) is 0 Å². The van der Waals surface area contributed by atoms with E-state index in [-0.39, 0.29) is 5.56 Å². The lowest BCUT2D eigenvalue weighted by molar-refractivity contribution is 0.317. The molecule has 3 aromatic rings. The molecule has 2 N–H and O–H groups in total. The normalized spacial score (nSPS) is 13.4. The minimum Gasteiger partial charge on any atom is -0.494 e. The van der Waals surface area contributed by atoms with Crippen LogP contribution in [-0.4, -0.2) is 28.3 Å². The molecule has 0 bridgehead atoms. The molecule has 0 amide bonds. The quantitative estimate of drug-likeness (QED) is 0.733. The van der Waals surface area contributed by atoms with E-state index in [9.17, 15) is 4.79 Å². The molecule has 0 atom stereocenters.